The quantitative estimate of drug-likeness (QED) is 0.605. The summed E-state index contributed by atoms with van der Waals surface area (Å²) in [5.41, 5.74) is -0.421. The summed E-state index contributed by atoms with van der Waals surface area (Å²) < 4.78 is 5.00. The van der Waals surface area contributed by atoms with E-state index in [0.29, 0.717) is 19.1 Å². The molecule has 1 atom stereocenters. The molecule has 0 spiro atoms. The first kappa shape index (κ1) is 15.0. The maximum atomic E-state index is 12.1. The van der Waals surface area contributed by atoms with Crippen LogP contribution >= 0.6 is 0 Å². The van der Waals surface area contributed by atoms with Crippen LogP contribution in [0.25, 0.3) is 0 Å². The molecule has 4 nitrogen and oxygen atoms in total. The number of nitrogens with one attached hydrogen (secondary N) is 1. The van der Waals surface area contributed by atoms with Crippen LogP contribution in [-0.2, 0) is 14.3 Å². The van der Waals surface area contributed by atoms with E-state index in [9.17, 15) is 9.59 Å². The predicted octanol–water partition coefficient (Wildman–Crippen LogP) is 2.13. The van der Waals surface area contributed by atoms with E-state index in [1.54, 1.807) is 6.92 Å². The molecule has 0 bridgehead atoms. The zero-order chi connectivity index (χ0) is 13.8. The van der Waals surface area contributed by atoms with Gasteiger partial charge in [-0.25, -0.2) is 0 Å². The number of amides is 1. The molecule has 0 aromatic carbocycles. The summed E-state index contributed by atoms with van der Waals surface area (Å²) in [6.45, 7) is 8.41. The highest BCUT2D eigenvalue weighted by atomic mass is 16.5. The Balaban J connectivity index is 2.57. The minimum Gasteiger partial charge on any atom is -0.465 e. The molecule has 18 heavy (non-hydrogen) atoms. The molecule has 1 aliphatic carbocycles. The fraction of sp³-hybridized carbons (Fsp3) is 0.857. The molecule has 4 heteroatoms. The normalized spacial score (nSPS) is 17.8. The summed E-state index contributed by atoms with van der Waals surface area (Å²) >= 11 is 0. The van der Waals surface area contributed by atoms with Gasteiger partial charge in [0.25, 0.3) is 0 Å². The van der Waals surface area contributed by atoms with Crippen LogP contribution in [0.5, 0.6) is 0 Å². The lowest BCUT2D eigenvalue weighted by molar-refractivity contribution is -0.156. The van der Waals surface area contributed by atoms with Crippen molar-refractivity contribution in [2.75, 3.05) is 13.2 Å². The van der Waals surface area contributed by atoms with Crippen molar-refractivity contribution in [1.29, 1.82) is 0 Å². The second kappa shape index (κ2) is 6.21. The Morgan fingerprint density at radius 3 is 2.33 bits per heavy atom. The minimum atomic E-state index is -0.725. The molecule has 1 fully saturated rings. The maximum Gasteiger partial charge on any atom is 0.319 e. The monoisotopic (exact) mass is 255 g/mol. The van der Waals surface area contributed by atoms with E-state index in [2.05, 4.69) is 5.32 Å². The van der Waals surface area contributed by atoms with Gasteiger partial charge in [-0.1, -0.05) is 27.2 Å². The number of ether oxygens (including phenoxy) is 1. The van der Waals surface area contributed by atoms with E-state index in [1.165, 1.54) is 19.3 Å². The van der Waals surface area contributed by atoms with E-state index < -0.39 is 17.3 Å². The van der Waals surface area contributed by atoms with Crippen LogP contribution in [0.2, 0.25) is 0 Å². The number of rotatable bonds is 5. The number of esters is 1. The molecule has 0 radical (unpaired) electrons. The minimum absolute atomic E-state index is 0.201. The molecule has 1 aliphatic rings. The fourth-order valence-corrected chi connectivity index (χ4v) is 2.12. The van der Waals surface area contributed by atoms with Crippen LogP contribution in [-0.4, -0.2) is 25.0 Å². The lowest BCUT2D eigenvalue weighted by Crippen LogP contribution is -2.45. The zero-order valence-corrected chi connectivity index (χ0v) is 11.9. The van der Waals surface area contributed by atoms with E-state index in [0.717, 1.165) is 0 Å². The van der Waals surface area contributed by atoms with Gasteiger partial charge in [-0.3, -0.25) is 9.59 Å². The van der Waals surface area contributed by atoms with Crippen LogP contribution in [0.4, 0.5) is 0 Å². The molecule has 0 saturated heterocycles. The standard InChI is InChI=1S/C14H25NO3/c1-5-18-13(17)11(14(2,3)4)12(16)15-9-10-7-6-8-10/h10-11H,5-9H2,1-4H3,(H,15,16). The van der Waals surface area contributed by atoms with Crippen LogP contribution in [0.15, 0.2) is 0 Å². The van der Waals surface area contributed by atoms with Gasteiger partial charge in [0.15, 0.2) is 0 Å². The van der Waals surface area contributed by atoms with E-state index in [4.69, 9.17) is 4.74 Å². The summed E-state index contributed by atoms with van der Waals surface area (Å²) in [4.78, 5) is 24.0. The van der Waals surface area contributed by atoms with Crippen molar-refractivity contribution in [3.63, 3.8) is 0 Å². The second-order valence-corrected chi connectivity index (χ2v) is 6.09. The number of hydrogen-bond donors (Lipinski definition) is 1. The topological polar surface area (TPSA) is 55.4 Å². The lowest BCUT2D eigenvalue weighted by atomic mass is 9.79. The predicted molar refractivity (Wildman–Crippen MR) is 69.9 cm³/mol. The van der Waals surface area contributed by atoms with Crippen LogP contribution in [0.1, 0.15) is 47.0 Å². The molecule has 1 rings (SSSR count). The van der Waals surface area contributed by atoms with Gasteiger partial charge in [0.2, 0.25) is 5.91 Å². The maximum absolute atomic E-state index is 12.1. The van der Waals surface area contributed by atoms with Crippen molar-refractivity contribution >= 4 is 11.9 Å². The molecule has 1 unspecified atom stereocenters. The molecular weight excluding hydrogens is 230 g/mol. The molecule has 1 amide bonds. The molecule has 0 aromatic rings. The summed E-state index contributed by atoms with van der Waals surface area (Å²) in [6.07, 6.45) is 3.61. The van der Waals surface area contributed by atoms with E-state index in [1.807, 2.05) is 20.8 Å². The summed E-state index contributed by atoms with van der Waals surface area (Å²) in [6, 6.07) is 0. The van der Waals surface area contributed by atoms with Crippen LogP contribution in [0.3, 0.4) is 0 Å². The average molecular weight is 255 g/mol. The fourth-order valence-electron chi connectivity index (χ4n) is 2.12. The van der Waals surface area contributed by atoms with Crippen LogP contribution < -0.4 is 5.32 Å². The Hall–Kier alpha value is -1.06. The van der Waals surface area contributed by atoms with Gasteiger partial charge in [0, 0.05) is 6.54 Å². The summed E-state index contributed by atoms with van der Waals surface area (Å²) in [7, 11) is 0. The lowest BCUT2D eigenvalue weighted by Gasteiger charge is -2.30. The average Bonchev–Trinajstić information content (AvgIpc) is 2.13. The van der Waals surface area contributed by atoms with Gasteiger partial charge < -0.3 is 10.1 Å². The molecule has 1 saturated carbocycles. The molecule has 104 valence electrons. The van der Waals surface area contributed by atoms with Crippen LogP contribution in [0, 0.1) is 17.3 Å². The third-order valence-electron chi connectivity index (χ3n) is 3.44. The zero-order valence-electron chi connectivity index (χ0n) is 11.9. The van der Waals surface area contributed by atoms with Gasteiger partial charge >= 0.3 is 5.97 Å². The highest BCUT2D eigenvalue weighted by molar-refractivity contribution is 5.98. The van der Waals surface area contributed by atoms with Crippen molar-refractivity contribution in [1.82, 2.24) is 5.32 Å². The molecular formula is C14H25NO3. The highest BCUT2D eigenvalue weighted by Gasteiger charge is 2.39. The Morgan fingerprint density at radius 1 is 1.33 bits per heavy atom. The molecule has 1 N–H and O–H groups in total. The Morgan fingerprint density at radius 2 is 1.94 bits per heavy atom. The first-order chi connectivity index (χ1) is 8.36. The first-order valence-corrected chi connectivity index (χ1v) is 6.80. The van der Waals surface area contributed by atoms with Gasteiger partial charge in [-0.15, -0.1) is 0 Å². The Kier molecular flexibility index (Phi) is 5.17. The Labute approximate surface area is 109 Å². The largest absolute Gasteiger partial charge is 0.465 e. The summed E-state index contributed by atoms with van der Waals surface area (Å²) in [5, 5.41) is 2.89. The smallest absolute Gasteiger partial charge is 0.319 e. The Bertz CT molecular complexity index is 303. The third-order valence-corrected chi connectivity index (χ3v) is 3.44. The first-order valence-electron chi connectivity index (χ1n) is 6.80. The number of carbonyl (C=O) groups excluding carboxylic acids is 2. The second-order valence-electron chi connectivity index (χ2n) is 6.09. The number of hydrogen-bond acceptors (Lipinski definition) is 3. The number of carbonyl (C=O) groups is 2. The van der Waals surface area contributed by atoms with Gasteiger partial charge in [0.05, 0.1) is 6.61 Å². The SMILES string of the molecule is CCOC(=O)C(C(=O)NCC1CCC1)C(C)(C)C. The van der Waals surface area contributed by atoms with Gasteiger partial charge in [-0.2, -0.15) is 0 Å². The van der Waals surface area contributed by atoms with Crippen molar-refractivity contribution < 1.29 is 14.3 Å². The van der Waals surface area contributed by atoms with E-state index >= 15 is 0 Å². The molecule has 0 aliphatic heterocycles. The summed E-state index contributed by atoms with van der Waals surface area (Å²) in [5.74, 6) is -0.752. The van der Waals surface area contributed by atoms with Crippen molar-refractivity contribution in [2.24, 2.45) is 17.3 Å². The van der Waals surface area contributed by atoms with Crippen molar-refractivity contribution in [2.45, 2.75) is 47.0 Å². The van der Waals surface area contributed by atoms with E-state index in [-0.39, 0.29) is 5.91 Å². The molecule has 0 heterocycles. The van der Waals surface area contributed by atoms with Crippen molar-refractivity contribution in [3.8, 4) is 0 Å². The van der Waals surface area contributed by atoms with Gasteiger partial charge in [-0.05, 0) is 31.1 Å². The van der Waals surface area contributed by atoms with Gasteiger partial charge in [0.1, 0.15) is 5.92 Å². The third kappa shape index (κ3) is 4.00. The highest BCUT2D eigenvalue weighted by Crippen LogP contribution is 2.28. The van der Waals surface area contributed by atoms with Crippen molar-refractivity contribution in [3.05, 3.63) is 0 Å². The molecule has 0 aromatic heterocycles.